The molecular formula is C17H16N4. The lowest BCUT2D eigenvalue weighted by molar-refractivity contribution is 0.937. The van der Waals surface area contributed by atoms with Crippen LogP contribution in [0.5, 0.6) is 0 Å². The number of aromatic nitrogens is 1. The van der Waals surface area contributed by atoms with Crippen molar-refractivity contribution in [1.82, 2.24) is 4.98 Å². The van der Waals surface area contributed by atoms with Gasteiger partial charge in [0.1, 0.15) is 6.07 Å². The third-order valence-corrected chi connectivity index (χ3v) is 3.23. The highest BCUT2D eigenvalue weighted by atomic mass is 15.1. The standard InChI is InChI=1S/C17H16N4/c1-13-11-17(16(12-19)14(2)20-13)21(10-6-9-18)15-7-4-3-5-8-15/h3-5,7-8,11H,6,10H2,1-2H3. The molecule has 1 heterocycles. The zero-order valence-electron chi connectivity index (χ0n) is 12.2. The Labute approximate surface area is 124 Å². The van der Waals surface area contributed by atoms with Crippen molar-refractivity contribution in [2.45, 2.75) is 20.3 Å². The number of hydrogen-bond donors (Lipinski definition) is 0. The Balaban J connectivity index is 2.57. The second-order valence-corrected chi connectivity index (χ2v) is 4.75. The van der Waals surface area contributed by atoms with Gasteiger partial charge in [-0.2, -0.15) is 10.5 Å². The van der Waals surface area contributed by atoms with Gasteiger partial charge in [-0.05, 0) is 32.0 Å². The number of aryl methyl sites for hydroxylation is 2. The van der Waals surface area contributed by atoms with Crippen LogP contribution in [-0.4, -0.2) is 11.5 Å². The van der Waals surface area contributed by atoms with E-state index in [9.17, 15) is 5.26 Å². The Morgan fingerprint density at radius 3 is 2.48 bits per heavy atom. The maximum atomic E-state index is 9.43. The summed E-state index contributed by atoms with van der Waals surface area (Å²) in [7, 11) is 0. The lowest BCUT2D eigenvalue weighted by Gasteiger charge is -2.25. The molecular weight excluding hydrogens is 260 g/mol. The molecule has 2 aromatic rings. The molecule has 0 aliphatic carbocycles. The first kappa shape index (κ1) is 14.6. The SMILES string of the molecule is Cc1cc(N(CCC#N)c2ccccc2)c(C#N)c(C)n1. The number of rotatable bonds is 4. The monoisotopic (exact) mass is 276 g/mol. The molecule has 0 atom stereocenters. The Morgan fingerprint density at radius 2 is 1.86 bits per heavy atom. The summed E-state index contributed by atoms with van der Waals surface area (Å²) in [6.45, 7) is 4.28. The van der Waals surface area contributed by atoms with Crippen LogP contribution in [0, 0.1) is 36.5 Å². The largest absolute Gasteiger partial charge is 0.339 e. The minimum absolute atomic E-state index is 0.389. The summed E-state index contributed by atoms with van der Waals surface area (Å²) >= 11 is 0. The van der Waals surface area contributed by atoms with Gasteiger partial charge in [0.05, 0.1) is 29.4 Å². The highest BCUT2D eigenvalue weighted by Crippen LogP contribution is 2.30. The zero-order chi connectivity index (χ0) is 15.2. The molecule has 104 valence electrons. The van der Waals surface area contributed by atoms with Crippen molar-refractivity contribution in [2.24, 2.45) is 0 Å². The minimum atomic E-state index is 0.389. The number of hydrogen-bond acceptors (Lipinski definition) is 4. The molecule has 0 unspecified atom stereocenters. The van der Waals surface area contributed by atoms with E-state index in [2.05, 4.69) is 17.1 Å². The Kier molecular flexibility index (Phi) is 4.53. The van der Waals surface area contributed by atoms with Gasteiger partial charge in [0.15, 0.2) is 0 Å². The van der Waals surface area contributed by atoms with Gasteiger partial charge in [0.2, 0.25) is 0 Å². The van der Waals surface area contributed by atoms with Gasteiger partial charge in [-0.15, -0.1) is 0 Å². The quantitative estimate of drug-likeness (QED) is 0.855. The van der Waals surface area contributed by atoms with E-state index in [1.54, 1.807) is 0 Å². The lowest BCUT2D eigenvalue weighted by atomic mass is 10.1. The fraction of sp³-hybridized carbons (Fsp3) is 0.235. The summed E-state index contributed by atoms with van der Waals surface area (Å²) in [6, 6.07) is 16.1. The molecule has 0 spiro atoms. The smallest absolute Gasteiger partial charge is 0.103 e. The first-order valence-electron chi connectivity index (χ1n) is 6.75. The number of pyridine rings is 1. The number of benzene rings is 1. The van der Waals surface area contributed by atoms with Gasteiger partial charge in [-0.25, -0.2) is 0 Å². The fourth-order valence-electron chi connectivity index (χ4n) is 2.32. The van der Waals surface area contributed by atoms with Crippen LogP contribution in [0.4, 0.5) is 11.4 Å². The molecule has 2 rings (SSSR count). The van der Waals surface area contributed by atoms with Gasteiger partial charge in [0.25, 0.3) is 0 Å². The predicted octanol–water partition coefficient (Wildman–Crippen LogP) is 3.62. The molecule has 4 heteroatoms. The van der Waals surface area contributed by atoms with Crippen molar-refractivity contribution in [3.63, 3.8) is 0 Å². The van der Waals surface area contributed by atoms with Crippen molar-refractivity contribution in [1.29, 1.82) is 10.5 Å². The number of anilines is 2. The van der Waals surface area contributed by atoms with Crippen LogP contribution in [0.15, 0.2) is 36.4 Å². The number of nitriles is 2. The summed E-state index contributed by atoms with van der Waals surface area (Å²) in [5.74, 6) is 0. The van der Waals surface area contributed by atoms with Crippen LogP contribution < -0.4 is 4.90 Å². The topological polar surface area (TPSA) is 63.7 Å². The lowest BCUT2D eigenvalue weighted by Crippen LogP contribution is -2.20. The number of para-hydroxylation sites is 1. The second kappa shape index (κ2) is 6.54. The summed E-state index contributed by atoms with van der Waals surface area (Å²) in [6.07, 6.45) is 0.389. The van der Waals surface area contributed by atoms with Gasteiger partial charge in [-0.1, -0.05) is 18.2 Å². The molecule has 1 aromatic carbocycles. The van der Waals surface area contributed by atoms with E-state index in [-0.39, 0.29) is 0 Å². The average Bonchev–Trinajstić information content (AvgIpc) is 2.48. The summed E-state index contributed by atoms with van der Waals surface area (Å²) in [5, 5.41) is 18.3. The van der Waals surface area contributed by atoms with E-state index in [1.807, 2.05) is 55.1 Å². The van der Waals surface area contributed by atoms with Gasteiger partial charge in [-0.3, -0.25) is 4.98 Å². The van der Waals surface area contributed by atoms with Crippen molar-refractivity contribution in [3.05, 3.63) is 53.3 Å². The molecule has 0 saturated carbocycles. The Morgan fingerprint density at radius 1 is 1.14 bits per heavy atom. The molecule has 0 saturated heterocycles. The van der Waals surface area contributed by atoms with Crippen molar-refractivity contribution >= 4 is 11.4 Å². The Hall–Kier alpha value is -2.85. The van der Waals surface area contributed by atoms with Crippen LogP contribution in [-0.2, 0) is 0 Å². The molecule has 0 radical (unpaired) electrons. The molecule has 0 aliphatic heterocycles. The first-order chi connectivity index (χ1) is 10.2. The van der Waals surface area contributed by atoms with E-state index in [0.29, 0.717) is 24.2 Å². The molecule has 0 N–H and O–H groups in total. The number of nitrogens with zero attached hydrogens (tertiary/aromatic N) is 4. The maximum absolute atomic E-state index is 9.43. The fourth-order valence-corrected chi connectivity index (χ4v) is 2.32. The molecule has 1 aromatic heterocycles. The van der Waals surface area contributed by atoms with Crippen LogP contribution >= 0.6 is 0 Å². The van der Waals surface area contributed by atoms with Crippen LogP contribution in [0.25, 0.3) is 0 Å². The van der Waals surface area contributed by atoms with Gasteiger partial charge >= 0.3 is 0 Å². The van der Waals surface area contributed by atoms with Crippen molar-refractivity contribution in [2.75, 3.05) is 11.4 Å². The van der Waals surface area contributed by atoms with Crippen molar-refractivity contribution < 1.29 is 0 Å². The second-order valence-electron chi connectivity index (χ2n) is 4.75. The minimum Gasteiger partial charge on any atom is -0.339 e. The predicted molar refractivity (Wildman–Crippen MR) is 82.1 cm³/mol. The third-order valence-electron chi connectivity index (χ3n) is 3.23. The van der Waals surface area contributed by atoms with E-state index in [4.69, 9.17) is 5.26 Å². The van der Waals surface area contributed by atoms with E-state index in [1.165, 1.54) is 0 Å². The molecule has 4 nitrogen and oxygen atoms in total. The Bertz CT molecular complexity index is 708. The van der Waals surface area contributed by atoms with E-state index >= 15 is 0 Å². The molecule has 0 bridgehead atoms. The van der Waals surface area contributed by atoms with Crippen molar-refractivity contribution in [3.8, 4) is 12.1 Å². The summed E-state index contributed by atoms with van der Waals surface area (Å²) < 4.78 is 0. The molecule has 0 fully saturated rings. The summed E-state index contributed by atoms with van der Waals surface area (Å²) in [5.41, 5.74) is 3.91. The van der Waals surface area contributed by atoms with E-state index in [0.717, 1.165) is 17.1 Å². The molecule has 0 aliphatic rings. The first-order valence-corrected chi connectivity index (χ1v) is 6.75. The molecule has 0 amide bonds. The zero-order valence-corrected chi connectivity index (χ0v) is 12.2. The normalized spacial score (nSPS) is 9.71. The summed E-state index contributed by atoms with van der Waals surface area (Å²) in [4.78, 5) is 6.35. The highest BCUT2D eigenvalue weighted by molar-refractivity contribution is 5.70. The van der Waals surface area contributed by atoms with Crippen LogP contribution in [0.1, 0.15) is 23.4 Å². The maximum Gasteiger partial charge on any atom is 0.103 e. The highest BCUT2D eigenvalue weighted by Gasteiger charge is 2.16. The van der Waals surface area contributed by atoms with Crippen LogP contribution in [0.3, 0.4) is 0 Å². The molecule has 21 heavy (non-hydrogen) atoms. The van der Waals surface area contributed by atoms with Crippen LogP contribution in [0.2, 0.25) is 0 Å². The van der Waals surface area contributed by atoms with E-state index < -0.39 is 0 Å². The average molecular weight is 276 g/mol. The van der Waals surface area contributed by atoms with Gasteiger partial charge < -0.3 is 4.90 Å². The van der Waals surface area contributed by atoms with Gasteiger partial charge in [0, 0.05) is 17.9 Å². The third kappa shape index (κ3) is 3.19.